The van der Waals surface area contributed by atoms with E-state index in [2.05, 4.69) is 31.9 Å². The van der Waals surface area contributed by atoms with Gasteiger partial charge in [-0.1, -0.05) is 25.5 Å². The molecule has 1 aliphatic rings. The van der Waals surface area contributed by atoms with Crippen LogP contribution in [0.4, 0.5) is 0 Å². The highest BCUT2D eigenvalue weighted by atomic mass is 14.3. The third-order valence-electron chi connectivity index (χ3n) is 2.96. The Hall–Kier alpha value is -0.740. The summed E-state index contributed by atoms with van der Waals surface area (Å²) in [5, 5.41) is 0. The molecular formula is C12H18. The van der Waals surface area contributed by atoms with Crippen molar-refractivity contribution < 1.29 is 0 Å². The van der Waals surface area contributed by atoms with Crippen molar-refractivity contribution in [1.29, 1.82) is 0 Å². The zero-order valence-electron chi connectivity index (χ0n) is 7.97. The van der Waals surface area contributed by atoms with Crippen LogP contribution in [0.3, 0.4) is 0 Å². The molecular weight excluding hydrogens is 144 g/mol. The molecule has 12 heavy (non-hydrogen) atoms. The Labute approximate surface area is 75.7 Å². The molecule has 0 bridgehead atoms. The van der Waals surface area contributed by atoms with Gasteiger partial charge in [0.2, 0.25) is 0 Å². The van der Waals surface area contributed by atoms with Crippen LogP contribution in [-0.4, -0.2) is 0 Å². The highest BCUT2D eigenvalue weighted by Crippen LogP contribution is 2.34. The number of hydrogen-bond acceptors (Lipinski definition) is 0. The van der Waals surface area contributed by atoms with E-state index in [1.807, 2.05) is 0 Å². The monoisotopic (exact) mass is 162 g/mol. The molecule has 66 valence electrons. The van der Waals surface area contributed by atoms with E-state index >= 15 is 0 Å². The molecule has 1 saturated carbocycles. The lowest BCUT2D eigenvalue weighted by Crippen LogP contribution is -2.18. The first kappa shape index (κ1) is 9.35. The molecule has 0 radical (unpaired) electrons. The second-order valence-corrected chi connectivity index (χ2v) is 3.65. The third kappa shape index (κ3) is 1.89. The van der Waals surface area contributed by atoms with Crippen LogP contribution in [0.25, 0.3) is 0 Å². The van der Waals surface area contributed by atoms with Gasteiger partial charge in [-0.05, 0) is 37.2 Å². The fourth-order valence-electron chi connectivity index (χ4n) is 2.11. The lowest BCUT2D eigenvalue weighted by Gasteiger charge is -2.29. The summed E-state index contributed by atoms with van der Waals surface area (Å²) in [7, 11) is 0. The molecule has 0 nitrogen and oxygen atoms in total. The predicted molar refractivity (Wildman–Crippen MR) is 54.0 cm³/mol. The summed E-state index contributed by atoms with van der Waals surface area (Å²) in [4.78, 5) is 0. The number of rotatable bonds is 2. The summed E-state index contributed by atoms with van der Waals surface area (Å²) in [5.74, 6) is 1.35. The normalized spacial score (nSPS) is 29.1. The third-order valence-corrected chi connectivity index (χ3v) is 2.96. The van der Waals surface area contributed by atoms with Crippen LogP contribution in [0.2, 0.25) is 0 Å². The Bertz CT molecular complexity index is 206. The quantitative estimate of drug-likeness (QED) is 0.429. The summed E-state index contributed by atoms with van der Waals surface area (Å²) in [6.45, 7) is 9.74. The molecule has 0 unspecified atom stereocenters. The maximum Gasteiger partial charge on any atom is -0.00673 e. The largest absolute Gasteiger partial charge is 0.130 e. The zero-order chi connectivity index (χ0) is 8.97. The fraction of sp³-hybridized carbons (Fsp3) is 0.583. The van der Waals surface area contributed by atoms with E-state index in [-0.39, 0.29) is 0 Å². The Morgan fingerprint density at radius 2 is 2.08 bits per heavy atom. The van der Waals surface area contributed by atoms with E-state index in [9.17, 15) is 0 Å². The summed E-state index contributed by atoms with van der Waals surface area (Å²) in [5.41, 5.74) is 4.34. The van der Waals surface area contributed by atoms with E-state index < -0.39 is 0 Å². The van der Waals surface area contributed by atoms with Gasteiger partial charge in [0, 0.05) is 0 Å². The average molecular weight is 162 g/mol. The van der Waals surface area contributed by atoms with Crippen LogP contribution in [0.15, 0.2) is 30.5 Å². The maximum absolute atomic E-state index is 3.89. The van der Waals surface area contributed by atoms with Crippen molar-refractivity contribution in [2.24, 2.45) is 11.8 Å². The molecule has 0 aliphatic heterocycles. The lowest BCUT2D eigenvalue weighted by molar-refractivity contribution is 0.324. The second kappa shape index (κ2) is 4.33. The molecule has 0 saturated heterocycles. The average Bonchev–Trinajstić information content (AvgIpc) is 2.16. The van der Waals surface area contributed by atoms with E-state index in [0.29, 0.717) is 11.8 Å². The fourth-order valence-corrected chi connectivity index (χ4v) is 2.11. The molecule has 0 heteroatoms. The molecule has 0 amide bonds. The highest BCUT2D eigenvalue weighted by Gasteiger charge is 2.23. The molecule has 0 heterocycles. The van der Waals surface area contributed by atoms with Gasteiger partial charge < -0.3 is 0 Å². The first-order valence-electron chi connectivity index (χ1n) is 4.78. The molecule has 0 aromatic carbocycles. The van der Waals surface area contributed by atoms with E-state index in [1.54, 1.807) is 0 Å². The molecule has 1 aliphatic carbocycles. The summed E-state index contributed by atoms with van der Waals surface area (Å²) >= 11 is 0. The topological polar surface area (TPSA) is 0 Å². The molecule has 0 N–H and O–H groups in total. The van der Waals surface area contributed by atoms with Crippen molar-refractivity contribution in [3.05, 3.63) is 30.5 Å². The van der Waals surface area contributed by atoms with Crippen molar-refractivity contribution >= 4 is 0 Å². The van der Waals surface area contributed by atoms with Gasteiger partial charge >= 0.3 is 0 Å². The molecule has 0 aromatic heterocycles. The van der Waals surface area contributed by atoms with Crippen molar-refractivity contribution in [3.63, 3.8) is 0 Å². The first-order chi connectivity index (χ1) is 5.79. The van der Waals surface area contributed by atoms with Gasteiger partial charge in [0.15, 0.2) is 0 Å². The van der Waals surface area contributed by atoms with Gasteiger partial charge in [-0.3, -0.25) is 0 Å². The molecule has 2 atom stereocenters. The Kier molecular flexibility index (Phi) is 3.37. The second-order valence-electron chi connectivity index (χ2n) is 3.65. The van der Waals surface area contributed by atoms with Crippen molar-refractivity contribution in [3.8, 4) is 0 Å². The molecule has 1 rings (SSSR count). The van der Waals surface area contributed by atoms with E-state index in [1.165, 1.54) is 31.3 Å². The van der Waals surface area contributed by atoms with Crippen LogP contribution in [-0.2, 0) is 0 Å². The van der Waals surface area contributed by atoms with E-state index in [4.69, 9.17) is 0 Å². The Morgan fingerprint density at radius 1 is 1.42 bits per heavy atom. The van der Waals surface area contributed by atoms with Crippen molar-refractivity contribution in [2.45, 2.75) is 32.6 Å². The van der Waals surface area contributed by atoms with Crippen molar-refractivity contribution in [2.75, 3.05) is 0 Å². The number of hydrogen-bond donors (Lipinski definition) is 0. The Balaban J connectivity index is 2.71. The zero-order valence-corrected chi connectivity index (χ0v) is 7.97. The van der Waals surface area contributed by atoms with Gasteiger partial charge in [-0.2, -0.15) is 0 Å². The standard InChI is InChI=1S/C12H18/c1-4-10(3)12-9-7-6-8-11(12)5-2/h5,11-12H,1-2,6-9H2,3H3/t11-,12+/m0/s1. The lowest BCUT2D eigenvalue weighted by atomic mass is 9.76. The minimum Gasteiger partial charge on any atom is -0.130 e. The van der Waals surface area contributed by atoms with Gasteiger partial charge in [-0.15, -0.1) is 12.3 Å². The summed E-state index contributed by atoms with van der Waals surface area (Å²) in [6, 6.07) is 0. The number of allylic oxidation sites excluding steroid dienone is 2. The predicted octanol–water partition coefficient (Wildman–Crippen LogP) is 3.71. The van der Waals surface area contributed by atoms with Crippen LogP contribution in [0.1, 0.15) is 32.6 Å². The van der Waals surface area contributed by atoms with Crippen LogP contribution >= 0.6 is 0 Å². The van der Waals surface area contributed by atoms with Crippen molar-refractivity contribution in [1.82, 2.24) is 0 Å². The van der Waals surface area contributed by atoms with E-state index in [0.717, 1.165) is 0 Å². The summed E-state index contributed by atoms with van der Waals surface area (Å²) in [6.07, 6.45) is 7.41. The summed E-state index contributed by atoms with van der Waals surface area (Å²) < 4.78 is 0. The van der Waals surface area contributed by atoms with Gasteiger partial charge in [-0.25, -0.2) is 0 Å². The maximum atomic E-state index is 3.89. The molecule has 1 fully saturated rings. The van der Waals surface area contributed by atoms with Gasteiger partial charge in [0.05, 0.1) is 0 Å². The molecule has 0 spiro atoms. The SMILES string of the molecule is C=C=C(C)[C@H]1CCCC[C@@H]1C=C. The smallest absolute Gasteiger partial charge is 0.00673 e. The first-order valence-corrected chi connectivity index (χ1v) is 4.78. The highest BCUT2D eigenvalue weighted by molar-refractivity contribution is 5.07. The molecule has 0 aromatic rings. The van der Waals surface area contributed by atoms with Crippen LogP contribution < -0.4 is 0 Å². The minimum absolute atomic E-state index is 0.674. The Morgan fingerprint density at radius 3 is 2.67 bits per heavy atom. The van der Waals surface area contributed by atoms with Crippen LogP contribution in [0.5, 0.6) is 0 Å². The minimum atomic E-state index is 0.674. The van der Waals surface area contributed by atoms with Gasteiger partial charge in [0.25, 0.3) is 0 Å². The van der Waals surface area contributed by atoms with Gasteiger partial charge in [0.1, 0.15) is 0 Å². The van der Waals surface area contributed by atoms with Crippen LogP contribution in [0, 0.1) is 11.8 Å².